The number of nitrogens with two attached hydrogens (primary N) is 1. The van der Waals surface area contributed by atoms with E-state index in [1.54, 1.807) is 6.92 Å². The van der Waals surface area contributed by atoms with Gasteiger partial charge in [0.15, 0.2) is 0 Å². The molecule has 15 heavy (non-hydrogen) atoms. The normalized spacial score (nSPS) is 17.5. The maximum absolute atomic E-state index is 10.9. The number of hydrogen-bond donors (Lipinski definition) is 4. The summed E-state index contributed by atoms with van der Waals surface area (Å²) >= 11 is 0. The molecule has 0 fully saturated rings. The molecule has 90 valence electrons. The average Bonchev–Trinajstić information content (AvgIpc) is 1.97. The molecule has 0 aliphatic rings. The van der Waals surface area contributed by atoms with Gasteiger partial charge in [0.25, 0.3) is 0 Å². The molecule has 0 aromatic rings. The first kappa shape index (κ1) is 15.0. The van der Waals surface area contributed by atoms with Crippen molar-refractivity contribution in [1.29, 1.82) is 0 Å². The van der Waals surface area contributed by atoms with Crippen LogP contribution in [0.1, 0.15) is 6.92 Å². The van der Waals surface area contributed by atoms with Gasteiger partial charge in [0.2, 0.25) is 0 Å². The van der Waals surface area contributed by atoms with Gasteiger partial charge in [0.1, 0.15) is 0 Å². The highest BCUT2D eigenvalue weighted by Crippen LogP contribution is 2.57. The van der Waals surface area contributed by atoms with Crippen molar-refractivity contribution in [2.24, 2.45) is 5.73 Å². The van der Waals surface area contributed by atoms with Gasteiger partial charge < -0.3 is 20.4 Å². The Morgan fingerprint density at radius 3 is 2.33 bits per heavy atom. The minimum absolute atomic E-state index is 0.226. The first-order chi connectivity index (χ1) is 6.66. The standard InChI is InChI=1S/C5H13NO7P2/c1-5(2-3-6)4-12-15(10,11)13-14(7,8)9/h2H,3-4,6H2,1H3,(H,10,11)(H2,7,8,9). The van der Waals surface area contributed by atoms with E-state index in [4.69, 9.17) is 20.4 Å². The lowest BCUT2D eigenvalue weighted by atomic mass is 10.3. The zero-order valence-electron chi connectivity index (χ0n) is 7.94. The summed E-state index contributed by atoms with van der Waals surface area (Å²) in [5.41, 5.74) is 5.69. The molecule has 10 heteroatoms. The molecule has 0 saturated carbocycles. The minimum Gasteiger partial charge on any atom is -0.327 e. The van der Waals surface area contributed by atoms with E-state index in [9.17, 15) is 9.13 Å². The van der Waals surface area contributed by atoms with Crippen LogP contribution in [0.2, 0.25) is 0 Å². The van der Waals surface area contributed by atoms with Crippen LogP contribution in [0.25, 0.3) is 0 Å². The third-order valence-electron chi connectivity index (χ3n) is 1.13. The van der Waals surface area contributed by atoms with E-state index in [0.29, 0.717) is 5.57 Å². The summed E-state index contributed by atoms with van der Waals surface area (Å²) in [6.07, 6.45) is 1.53. The first-order valence-corrected chi connectivity index (χ1v) is 6.79. The Balaban J connectivity index is 4.23. The predicted molar refractivity (Wildman–Crippen MR) is 51.7 cm³/mol. The summed E-state index contributed by atoms with van der Waals surface area (Å²) in [4.78, 5) is 25.4. The maximum atomic E-state index is 10.9. The fourth-order valence-electron chi connectivity index (χ4n) is 0.601. The highest BCUT2D eigenvalue weighted by atomic mass is 31.3. The Labute approximate surface area is 86.6 Å². The van der Waals surface area contributed by atoms with Gasteiger partial charge in [-0.1, -0.05) is 6.08 Å². The van der Waals surface area contributed by atoms with Crippen molar-refractivity contribution in [2.75, 3.05) is 13.2 Å². The molecule has 0 aromatic heterocycles. The minimum atomic E-state index is -5.04. The molecule has 0 heterocycles. The fourth-order valence-corrected chi connectivity index (χ4v) is 2.23. The van der Waals surface area contributed by atoms with Gasteiger partial charge in [-0.15, -0.1) is 0 Å². The van der Waals surface area contributed by atoms with Crippen molar-refractivity contribution in [1.82, 2.24) is 0 Å². The van der Waals surface area contributed by atoms with Crippen molar-refractivity contribution in [3.8, 4) is 0 Å². The van der Waals surface area contributed by atoms with Crippen LogP contribution in [0.3, 0.4) is 0 Å². The molecule has 0 saturated heterocycles. The summed E-state index contributed by atoms with van der Waals surface area (Å²) in [5, 5.41) is 0. The highest BCUT2D eigenvalue weighted by Gasteiger charge is 2.32. The molecule has 0 aromatic carbocycles. The van der Waals surface area contributed by atoms with Gasteiger partial charge in [-0.25, -0.2) is 9.13 Å². The third-order valence-corrected chi connectivity index (χ3v) is 3.26. The van der Waals surface area contributed by atoms with Gasteiger partial charge in [-0.2, -0.15) is 4.31 Å². The third kappa shape index (κ3) is 8.92. The molecule has 0 rings (SSSR count). The maximum Gasteiger partial charge on any atom is 0.481 e. The van der Waals surface area contributed by atoms with Gasteiger partial charge in [0, 0.05) is 6.54 Å². The number of phosphoric acid groups is 2. The Hall–Kier alpha value is -0.0400. The van der Waals surface area contributed by atoms with Gasteiger partial charge in [-0.05, 0) is 12.5 Å². The van der Waals surface area contributed by atoms with E-state index >= 15 is 0 Å². The van der Waals surface area contributed by atoms with E-state index in [1.807, 2.05) is 0 Å². The van der Waals surface area contributed by atoms with E-state index in [0.717, 1.165) is 0 Å². The fraction of sp³-hybridized carbons (Fsp3) is 0.600. The number of phosphoric ester groups is 1. The molecule has 1 atom stereocenters. The van der Waals surface area contributed by atoms with Crippen molar-refractivity contribution in [3.05, 3.63) is 11.6 Å². The van der Waals surface area contributed by atoms with Crippen molar-refractivity contribution >= 4 is 15.6 Å². The quantitative estimate of drug-likeness (QED) is 0.390. The van der Waals surface area contributed by atoms with Crippen LogP contribution < -0.4 is 5.73 Å². The molecule has 0 radical (unpaired) electrons. The van der Waals surface area contributed by atoms with Crippen LogP contribution in [0.5, 0.6) is 0 Å². The van der Waals surface area contributed by atoms with Crippen molar-refractivity contribution in [2.45, 2.75) is 6.92 Å². The zero-order valence-corrected chi connectivity index (χ0v) is 9.73. The molecule has 5 N–H and O–H groups in total. The second-order valence-electron chi connectivity index (χ2n) is 2.60. The second kappa shape index (κ2) is 5.89. The van der Waals surface area contributed by atoms with Crippen LogP contribution in [-0.2, 0) is 18.0 Å². The van der Waals surface area contributed by atoms with E-state index in [-0.39, 0.29) is 13.2 Å². The van der Waals surface area contributed by atoms with E-state index < -0.39 is 15.6 Å². The Morgan fingerprint density at radius 2 is 1.93 bits per heavy atom. The summed E-state index contributed by atoms with van der Waals surface area (Å²) in [6.45, 7) is 1.50. The second-order valence-corrected chi connectivity index (χ2v) is 5.43. The number of hydrogen-bond acceptors (Lipinski definition) is 5. The summed E-state index contributed by atoms with van der Waals surface area (Å²) < 4.78 is 29.0. The molecular formula is C5H13NO7P2. The molecule has 0 spiro atoms. The molecule has 0 bridgehead atoms. The lowest BCUT2D eigenvalue weighted by Gasteiger charge is -2.12. The molecular weight excluding hydrogens is 248 g/mol. The molecule has 0 amide bonds. The first-order valence-electron chi connectivity index (χ1n) is 3.76. The highest BCUT2D eigenvalue weighted by molar-refractivity contribution is 7.60. The summed E-state index contributed by atoms with van der Waals surface area (Å²) in [5.74, 6) is 0. The lowest BCUT2D eigenvalue weighted by molar-refractivity contribution is 0.188. The zero-order chi connectivity index (χ0) is 12.1. The van der Waals surface area contributed by atoms with Crippen molar-refractivity contribution < 1.29 is 32.6 Å². The smallest absolute Gasteiger partial charge is 0.327 e. The Bertz CT molecular complexity index is 321. The molecule has 8 nitrogen and oxygen atoms in total. The van der Waals surface area contributed by atoms with E-state index in [2.05, 4.69) is 8.83 Å². The Morgan fingerprint density at radius 1 is 1.40 bits per heavy atom. The van der Waals surface area contributed by atoms with Gasteiger partial charge in [0.05, 0.1) is 6.61 Å². The average molecular weight is 261 g/mol. The summed E-state index contributed by atoms with van der Waals surface area (Å²) in [7, 11) is -9.78. The van der Waals surface area contributed by atoms with Crippen molar-refractivity contribution in [3.63, 3.8) is 0 Å². The van der Waals surface area contributed by atoms with Crippen LogP contribution in [0.15, 0.2) is 11.6 Å². The monoisotopic (exact) mass is 261 g/mol. The lowest BCUT2D eigenvalue weighted by Crippen LogP contribution is -2.00. The Kier molecular flexibility index (Phi) is 5.87. The largest absolute Gasteiger partial charge is 0.481 e. The molecule has 0 aliphatic carbocycles. The van der Waals surface area contributed by atoms with Crippen LogP contribution in [-0.4, -0.2) is 27.8 Å². The molecule has 0 aliphatic heterocycles. The topological polar surface area (TPSA) is 139 Å². The SMILES string of the molecule is CC(=CCN)COP(=O)(O)OP(=O)(O)O. The molecule has 1 unspecified atom stereocenters. The van der Waals surface area contributed by atoms with E-state index in [1.165, 1.54) is 6.08 Å². The predicted octanol–water partition coefficient (Wildman–Crippen LogP) is 0.118. The number of rotatable bonds is 6. The summed E-state index contributed by atoms with van der Waals surface area (Å²) in [6, 6.07) is 0. The van der Waals surface area contributed by atoms with Gasteiger partial charge >= 0.3 is 15.6 Å². The van der Waals surface area contributed by atoms with Gasteiger partial charge in [-0.3, -0.25) is 4.52 Å². The van der Waals surface area contributed by atoms with Crippen LogP contribution in [0, 0.1) is 0 Å². The van der Waals surface area contributed by atoms with Crippen LogP contribution >= 0.6 is 15.6 Å². The van der Waals surface area contributed by atoms with Crippen LogP contribution in [0.4, 0.5) is 0 Å².